The standard InChI is InChI=1S/C16H15ClFN5O/c1-9-12(10(2)22-23-8-19-21-16(9)23)4-6-15(24)20-14-5-3-11(18)7-13(14)17/h3,5,7-8H,4,6H2,1-2H3,(H,20,24). The van der Waals surface area contributed by atoms with Crippen LogP contribution in [-0.4, -0.2) is 25.7 Å². The van der Waals surface area contributed by atoms with Crippen LogP contribution in [0.5, 0.6) is 0 Å². The molecule has 1 aromatic carbocycles. The minimum absolute atomic E-state index is 0.169. The number of amides is 1. The van der Waals surface area contributed by atoms with Gasteiger partial charge in [-0.25, -0.2) is 8.91 Å². The minimum atomic E-state index is -0.447. The maximum atomic E-state index is 13.0. The number of rotatable bonds is 4. The highest BCUT2D eigenvalue weighted by Crippen LogP contribution is 2.23. The van der Waals surface area contributed by atoms with E-state index in [1.54, 1.807) is 10.8 Å². The van der Waals surface area contributed by atoms with E-state index in [2.05, 4.69) is 20.6 Å². The Bertz CT molecular complexity index is 924. The highest BCUT2D eigenvalue weighted by atomic mass is 35.5. The topological polar surface area (TPSA) is 72.2 Å². The minimum Gasteiger partial charge on any atom is -0.325 e. The Balaban J connectivity index is 1.72. The second kappa shape index (κ2) is 6.52. The quantitative estimate of drug-likeness (QED) is 0.787. The fourth-order valence-corrected chi connectivity index (χ4v) is 2.80. The molecule has 124 valence electrons. The molecule has 0 radical (unpaired) electrons. The fraction of sp³-hybridized carbons (Fsp3) is 0.250. The molecule has 6 nitrogen and oxygen atoms in total. The zero-order valence-electron chi connectivity index (χ0n) is 13.2. The summed E-state index contributed by atoms with van der Waals surface area (Å²) in [5, 5.41) is 15.1. The summed E-state index contributed by atoms with van der Waals surface area (Å²) in [6, 6.07) is 3.85. The van der Waals surface area contributed by atoms with E-state index >= 15 is 0 Å². The second-order valence-electron chi connectivity index (χ2n) is 5.46. The summed E-state index contributed by atoms with van der Waals surface area (Å²) in [7, 11) is 0. The van der Waals surface area contributed by atoms with Crippen molar-refractivity contribution in [2.75, 3.05) is 5.32 Å². The Hall–Kier alpha value is -2.54. The number of aryl methyl sites for hydroxylation is 2. The second-order valence-corrected chi connectivity index (χ2v) is 5.87. The first-order chi connectivity index (χ1) is 11.5. The molecule has 0 atom stereocenters. The molecule has 0 aliphatic carbocycles. The number of benzene rings is 1. The van der Waals surface area contributed by atoms with E-state index in [1.807, 2.05) is 13.8 Å². The average molecular weight is 348 g/mol. The fourth-order valence-electron chi connectivity index (χ4n) is 2.59. The van der Waals surface area contributed by atoms with E-state index in [4.69, 9.17) is 11.6 Å². The van der Waals surface area contributed by atoms with E-state index in [0.29, 0.717) is 17.8 Å². The van der Waals surface area contributed by atoms with Gasteiger partial charge >= 0.3 is 0 Å². The maximum absolute atomic E-state index is 13.0. The van der Waals surface area contributed by atoms with Crippen LogP contribution in [0.1, 0.15) is 23.2 Å². The molecule has 8 heteroatoms. The number of hydrogen-bond acceptors (Lipinski definition) is 4. The van der Waals surface area contributed by atoms with Crippen molar-refractivity contribution in [3.05, 3.63) is 52.2 Å². The molecule has 24 heavy (non-hydrogen) atoms. The Kier molecular flexibility index (Phi) is 4.44. The van der Waals surface area contributed by atoms with Crippen molar-refractivity contribution in [1.82, 2.24) is 19.8 Å². The third kappa shape index (κ3) is 3.21. The molecular formula is C16H15ClFN5O. The Morgan fingerprint density at radius 2 is 2.17 bits per heavy atom. The van der Waals surface area contributed by atoms with E-state index < -0.39 is 5.82 Å². The van der Waals surface area contributed by atoms with E-state index in [1.165, 1.54) is 12.1 Å². The van der Waals surface area contributed by atoms with Gasteiger partial charge in [0.15, 0.2) is 5.65 Å². The van der Waals surface area contributed by atoms with Gasteiger partial charge in [-0.2, -0.15) is 5.10 Å². The summed E-state index contributed by atoms with van der Waals surface area (Å²) in [6.07, 6.45) is 2.31. The van der Waals surface area contributed by atoms with Gasteiger partial charge in [0, 0.05) is 12.0 Å². The number of nitrogens with one attached hydrogen (secondary N) is 1. The average Bonchev–Trinajstić information content (AvgIpc) is 2.98. The van der Waals surface area contributed by atoms with Gasteiger partial charge < -0.3 is 5.32 Å². The van der Waals surface area contributed by atoms with Crippen molar-refractivity contribution in [2.24, 2.45) is 0 Å². The van der Waals surface area contributed by atoms with Crippen LogP contribution in [0.25, 0.3) is 5.65 Å². The smallest absolute Gasteiger partial charge is 0.224 e. The van der Waals surface area contributed by atoms with Crippen molar-refractivity contribution < 1.29 is 9.18 Å². The highest BCUT2D eigenvalue weighted by molar-refractivity contribution is 6.33. The third-order valence-electron chi connectivity index (χ3n) is 3.82. The molecule has 0 unspecified atom stereocenters. The summed E-state index contributed by atoms with van der Waals surface area (Å²) >= 11 is 5.91. The van der Waals surface area contributed by atoms with Crippen molar-refractivity contribution in [1.29, 1.82) is 0 Å². The number of anilines is 1. The molecule has 2 aromatic heterocycles. The normalized spacial score (nSPS) is 11.0. The summed E-state index contributed by atoms with van der Waals surface area (Å²) in [5.41, 5.74) is 3.82. The molecule has 1 amide bonds. The number of fused-ring (bicyclic) bond motifs is 1. The van der Waals surface area contributed by atoms with Gasteiger partial charge in [0.05, 0.1) is 16.4 Å². The van der Waals surface area contributed by atoms with Crippen LogP contribution in [-0.2, 0) is 11.2 Å². The number of carbonyl (C=O) groups excluding carboxylic acids is 1. The van der Waals surface area contributed by atoms with Crippen LogP contribution in [0.15, 0.2) is 24.5 Å². The first-order valence-electron chi connectivity index (χ1n) is 7.36. The number of aromatic nitrogens is 4. The predicted molar refractivity (Wildman–Crippen MR) is 88.6 cm³/mol. The summed E-state index contributed by atoms with van der Waals surface area (Å²) in [4.78, 5) is 12.1. The van der Waals surface area contributed by atoms with Crippen LogP contribution >= 0.6 is 11.6 Å². The van der Waals surface area contributed by atoms with Crippen molar-refractivity contribution in [3.8, 4) is 0 Å². The molecule has 0 saturated heterocycles. The largest absolute Gasteiger partial charge is 0.325 e. The monoisotopic (exact) mass is 347 g/mol. The van der Waals surface area contributed by atoms with Crippen LogP contribution in [0.4, 0.5) is 10.1 Å². The summed E-state index contributed by atoms with van der Waals surface area (Å²) in [6.45, 7) is 3.82. The molecule has 2 heterocycles. The Morgan fingerprint density at radius 1 is 1.38 bits per heavy atom. The molecule has 0 saturated carbocycles. The summed E-state index contributed by atoms with van der Waals surface area (Å²) in [5.74, 6) is -0.652. The highest BCUT2D eigenvalue weighted by Gasteiger charge is 2.13. The molecule has 0 aliphatic rings. The van der Waals surface area contributed by atoms with E-state index in [0.717, 1.165) is 22.9 Å². The Morgan fingerprint density at radius 3 is 2.92 bits per heavy atom. The first kappa shape index (κ1) is 16.3. The zero-order valence-corrected chi connectivity index (χ0v) is 13.9. The third-order valence-corrected chi connectivity index (χ3v) is 4.13. The zero-order chi connectivity index (χ0) is 17.3. The summed E-state index contributed by atoms with van der Waals surface area (Å²) < 4.78 is 14.6. The van der Waals surface area contributed by atoms with Gasteiger partial charge in [-0.05, 0) is 44.0 Å². The number of carbonyl (C=O) groups is 1. The van der Waals surface area contributed by atoms with Crippen molar-refractivity contribution >= 4 is 28.8 Å². The van der Waals surface area contributed by atoms with Crippen LogP contribution < -0.4 is 5.32 Å². The maximum Gasteiger partial charge on any atom is 0.224 e. The molecular weight excluding hydrogens is 333 g/mol. The van der Waals surface area contributed by atoms with Gasteiger partial charge in [0.2, 0.25) is 5.91 Å². The van der Waals surface area contributed by atoms with Crippen molar-refractivity contribution in [2.45, 2.75) is 26.7 Å². The van der Waals surface area contributed by atoms with Gasteiger partial charge in [0.1, 0.15) is 12.1 Å². The van der Waals surface area contributed by atoms with Gasteiger partial charge in [-0.3, -0.25) is 4.79 Å². The van der Waals surface area contributed by atoms with Crippen LogP contribution in [0.2, 0.25) is 5.02 Å². The SMILES string of the molecule is Cc1nn2cnnc2c(C)c1CCC(=O)Nc1ccc(F)cc1Cl. The molecule has 3 rings (SSSR count). The lowest BCUT2D eigenvalue weighted by Gasteiger charge is -2.11. The molecule has 3 aromatic rings. The molecule has 0 fully saturated rings. The van der Waals surface area contributed by atoms with Gasteiger partial charge in [-0.1, -0.05) is 11.6 Å². The molecule has 0 spiro atoms. The lowest BCUT2D eigenvalue weighted by molar-refractivity contribution is -0.116. The number of halogens is 2. The molecule has 0 aliphatic heterocycles. The lowest BCUT2D eigenvalue weighted by Crippen LogP contribution is -2.14. The first-order valence-corrected chi connectivity index (χ1v) is 7.74. The predicted octanol–water partition coefficient (Wildman–Crippen LogP) is 3.10. The van der Waals surface area contributed by atoms with E-state index in [-0.39, 0.29) is 17.4 Å². The number of hydrogen-bond donors (Lipinski definition) is 1. The molecule has 0 bridgehead atoms. The van der Waals surface area contributed by atoms with Gasteiger partial charge in [0.25, 0.3) is 0 Å². The van der Waals surface area contributed by atoms with Crippen molar-refractivity contribution in [3.63, 3.8) is 0 Å². The Labute approximate surface area is 142 Å². The lowest BCUT2D eigenvalue weighted by atomic mass is 10.0. The van der Waals surface area contributed by atoms with Crippen LogP contribution in [0.3, 0.4) is 0 Å². The van der Waals surface area contributed by atoms with Crippen LogP contribution in [0, 0.1) is 19.7 Å². The number of nitrogens with zero attached hydrogens (tertiary/aromatic N) is 4. The molecule has 1 N–H and O–H groups in total. The van der Waals surface area contributed by atoms with E-state index in [9.17, 15) is 9.18 Å². The van der Waals surface area contributed by atoms with Gasteiger partial charge in [-0.15, -0.1) is 10.2 Å².